The minimum atomic E-state index is -1.02. The van der Waals surface area contributed by atoms with E-state index in [0.717, 1.165) is 32.1 Å². The number of amides is 3. The van der Waals surface area contributed by atoms with Gasteiger partial charge in [0.2, 0.25) is 5.82 Å². The van der Waals surface area contributed by atoms with Gasteiger partial charge in [0.05, 0.1) is 0 Å². The molecule has 30 heavy (non-hydrogen) atoms. The zero-order valence-electron chi connectivity index (χ0n) is 18.1. The third-order valence-electron chi connectivity index (χ3n) is 4.25. The number of hydrogen-bond donors (Lipinski definition) is 3. The SMILES string of the molecule is CCCCN(CCCCCNC(=O)O)C(=O)NN(CC(C)C)c1ccnc(C#N)n1. The molecule has 0 bridgehead atoms. The second-order valence-corrected chi connectivity index (χ2v) is 7.40. The van der Waals surface area contributed by atoms with Gasteiger partial charge >= 0.3 is 12.1 Å². The second kappa shape index (κ2) is 14.0. The second-order valence-electron chi connectivity index (χ2n) is 7.40. The highest BCUT2D eigenvalue weighted by Gasteiger charge is 2.18. The highest BCUT2D eigenvalue weighted by Crippen LogP contribution is 2.11. The van der Waals surface area contributed by atoms with Crippen molar-refractivity contribution in [1.29, 1.82) is 5.26 Å². The Morgan fingerprint density at radius 1 is 1.23 bits per heavy atom. The molecule has 3 amide bonds. The van der Waals surface area contributed by atoms with Gasteiger partial charge in [0.15, 0.2) is 5.82 Å². The molecule has 0 saturated heterocycles. The molecule has 0 fully saturated rings. The van der Waals surface area contributed by atoms with Gasteiger partial charge in [-0.15, -0.1) is 0 Å². The molecule has 1 heterocycles. The summed E-state index contributed by atoms with van der Waals surface area (Å²) in [6.45, 7) is 8.31. The van der Waals surface area contributed by atoms with Gasteiger partial charge in [0.1, 0.15) is 6.07 Å². The van der Waals surface area contributed by atoms with Crippen LogP contribution in [0.3, 0.4) is 0 Å². The number of carbonyl (C=O) groups is 2. The Balaban J connectivity index is 2.73. The van der Waals surface area contributed by atoms with Gasteiger partial charge in [0, 0.05) is 38.4 Å². The molecule has 10 heteroatoms. The first kappa shape index (κ1) is 24.9. The van der Waals surface area contributed by atoms with Crippen LogP contribution >= 0.6 is 0 Å². The highest BCUT2D eigenvalue weighted by molar-refractivity contribution is 5.76. The number of hydrogen-bond acceptors (Lipinski definition) is 6. The minimum absolute atomic E-state index is 0.0494. The van der Waals surface area contributed by atoms with Crippen molar-refractivity contribution in [3.8, 4) is 6.07 Å². The van der Waals surface area contributed by atoms with Crippen molar-refractivity contribution in [2.45, 2.75) is 52.9 Å². The van der Waals surface area contributed by atoms with Gasteiger partial charge in [-0.3, -0.25) is 5.01 Å². The van der Waals surface area contributed by atoms with Gasteiger partial charge in [-0.25, -0.2) is 20.0 Å². The molecule has 0 aliphatic rings. The lowest BCUT2D eigenvalue weighted by Crippen LogP contribution is -2.51. The van der Waals surface area contributed by atoms with Crippen LogP contribution in [0.4, 0.5) is 15.4 Å². The molecule has 3 N–H and O–H groups in total. The van der Waals surface area contributed by atoms with Crippen LogP contribution in [0.2, 0.25) is 0 Å². The third kappa shape index (κ3) is 9.91. The van der Waals surface area contributed by atoms with E-state index in [4.69, 9.17) is 10.4 Å². The van der Waals surface area contributed by atoms with Crippen LogP contribution in [-0.4, -0.2) is 58.3 Å². The number of hydrazine groups is 1. The lowest BCUT2D eigenvalue weighted by atomic mass is 10.2. The maximum atomic E-state index is 13.0. The summed E-state index contributed by atoms with van der Waals surface area (Å²) in [6, 6.07) is 3.36. The quantitative estimate of drug-likeness (QED) is 0.330. The standard InChI is InChI=1S/C20H33N7O3/c1-4-5-12-26(13-8-6-7-10-23-20(29)30)19(28)25-27(15-16(2)3)18-9-11-22-17(14-21)24-18/h9,11,16,23H,4-8,10,12-13,15H2,1-3H3,(H,25,28)(H,29,30). The monoisotopic (exact) mass is 419 g/mol. The number of carboxylic acid groups (broad SMARTS) is 1. The first-order valence-corrected chi connectivity index (χ1v) is 10.4. The molecule has 0 aliphatic heterocycles. The Hall–Kier alpha value is -3.09. The van der Waals surface area contributed by atoms with Crippen molar-refractivity contribution in [1.82, 2.24) is 25.6 Å². The van der Waals surface area contributed by atoms with E-state index < -0.39 is 6.09 Å². The smallest absolute Gasteiger partial charge is 0.404 e. The molecule has 0 unspecified atom stereocenters. The van der Waals surface area contributed by atoms with Crippen molar-refractivity contribution in [3.05, 3.63) is 18.1 Å². The Bertz CT molecular complexity index is 706. The number of nitriles is 1. The van der Waals surface area contributed by atoms with Crippen LogP contribution in [0.15, 0.2) is 12.3 Å². The predicted octanol–water partition coefficient (Wildman–Crippen LogP) is 2.98. The van der Waals surface area contributed by atoms with Crippen molar-refractivity contribution in [2.75, 3.05) is 31.2 Å². The van der Waals surface area contributed by atoms with E-state index in [1.54, 1.807) is 16.0 Å². The van der Waals surface area contributed by atoms with Gasteiger partial charge in [-0.05, 0) is 31.6 Å². The van der Waals surface area contributed by atoms with E-state index in [1.807, 2.05) is 19.9 Å². The molecule has 0 aromatic carbocycles. The molecule has 0 radical (unpaired) electrons. The highest BCUT2D eigenvalue weighted by atomic mass is 16.4. The van der Waals surface area contributed by atoms with Crippen LogP contribution < -0.4 is 15.8 Å². The zero-order valence-corrected chi connectivity index (χ0v) is 18.1. The number of nitrogens with zero attached hydrogens (tertiary/aromatic N) is 5. The summed E-state index contributed by atoms with van der Waals surface area (Å²) < 4.78 is 0. The summed E-state index contributed by atoms with van der Waals surface area (Å²) >= 11 is 0. The molecule has 0 aliphatic carbocycles. The third-order valence-corrected chi connectivity index (χ3v) is 4.25. The minimum Gasteiger partial charge on any atom is -0.465 e. The van der Waals surface area contributed by atoms with Gasteiger partial charge in [-0.2, -0.15) is 10.2 Å². The molecule has 10 nitrogen and oxygen atoms in total. The summed E-state index contributed by atoms with van der Waals surface area (Å²) in [5.41, 5.74) is 2.92. The number of rotatable bonds is 13. The Morgan fingerprint density at radius 3 is 2.60 bits per heavy atom. The van der Waals surface area contributed by atoms with Crippen LogP contribution in [0, 0.1) is 17.2 Å². The lowest BCUT2D eigenvalue weighted by molar-refractivity contribution is 0.193. The molecule has 0 spiro atoms. The summed E-state index contributed by atoms with van der Waals surface area (Å²) in [5.74, 6) is 0.781. The number of anilines is 1. The molecule has 166 valence electrons. The fourth-order valence-corrected chi connectivity index (χ4v) is 2.76. The largest absolute Gasteiger partial charge is 0.465 e. The number of aromatic nitrogens is 2. The van der Waals surface area contributed by atoms with Crippen LogP contribution in [0.1, 0.15) is 58.7 Å². The Kier molecular flexibility index (Phi) is 11.6. The number of nitrogens with one attached hydrogen (secondary N) is 2. The molecule has 0 saturated carbocycles. The fourth-order valence-electron chi connectivity index (χ4n) is 2.76. The van der Waals surface area contributed by atoms with Crippen LogP contribution in [-0.2, 0) is 0 Å². The Labute approximate surface area is 178 Å². The van der Waals surface area contributed by atoms with Crippen molar-refractivity contribution in [2.24, 2.45) is 5.92 Å². The van der Waals surface area contributed by atoms with E-state index in [-0.39, 0.29) is 17.8 Å². The number of urea groups is 1. The van der Waals surface area contributed by atoms with Gasteiger partial charge in [0.25, 0.3) is 0 Å². The fraction of sp³-hybridized carbons (Fsp3) is 0.650. The zero-order chi connectivity index (χ0) is 22.4. The molecule has 1 aromatic heterocycles. The van der Waals surface area contributed by atoms with E-state index in [9.17, 15) is 9.59 Å². The van der Waals surface area contributed by atoms with Gasteiger partial charge < -0.3 is 15.3 Å². The maximum absolute atomic E-state index is 13.0. The van der Waals surface area contributed by atoms with E-state index in [0.29, 0.717) is 32.0 Å². The van der Waals surface area contributed by atoms with E-state index in [1.165, 1.54) is 6.20 Å². The summed E-state index contributed by atoms with van der Waals surface area (Å²) in [5, 5.41) is 21.7. The number of carbonyl (C=O) groups excluding carboxylic acids is 1. The summed E-state index contributed by atoms with van der Waals surface area (Å²) in [6.07, 6.45) is 4.68. The Morgan fingerprint density at radius 2 is 1.97 bits per heavy atom. The maximum Gasteiger partial charge on any atom is 0.404 e. The number of unbranched alkanes of at least 4 members (excludes halogenated alkanes) is 3. The average molecular weight is 420 g/mol. The molecular weight excluding hydrogens is 386 g/mol. The summed E-state index contributed by atoms with van der Waals surface area (Å²) in [7, 11) is 0. The van der Waals surface area contributed by atoms with Gasteiger partial charge in [-0.1, -0.05) is 27.2 Å². The topological polar surface area (TPSA) is 134 Å². The summed E-state index contributed by atoms with van der Waals surface area (Å²) in [4.78, 5) is 33.3. The average Bonchev–Trinajstić information content (AvgIpc) is 2.71. The molecule has 1 aromatic rings. The first-order valence-electron chi connectivity index (χ1n) is 10.4. The lowest BCUT2D eigenvalue weighted by Gasteiger charge is -2.30. The first-order chi connectivity index (χ1) is 14.4. The molecular formula is C20H33N7O3. The van der Waals surface area contributed by atoms with Crippen molar-refractivity contribution < 1.29 is 14.7 Å². The van der Waals surface area contributed by atoms with Crippen molar-refractivity contribution >= 4 is 17.9 Å². The van der Waals surface area contributed by atoms with E-state index >= 15 is 0 Å². The molecule has 0 atom stereocenters. The normalized spacial score (nSPS) is 10.4. The van der Waals surface area contributed by atoms with Crippen LogP contribution in [0.5, 0.6) is 0 Å². The predicted molar refractivity (Wildman–Crippen MR) is 114 cm³/mol. The molecule has 1 rings (SSSR count). The van der Waals surface area contributed by atoms with Crippen molar-refractivity contribution in [3.63, 3.8) is 0 Å². The van der Waals surface area contributed by atoms with Crippen LogP contribution in [0.25, 0.3) is 0 Å². The van der Waals surface area contributed by atoms with E-state index in [2.05, 4.69) is 27.6 Å².